The van der Waals surface area contributed by atoms with Gasteiger partial charge in [0.15, 0.2) is 17.1 Å². The topological polar surface area (TPSA) is 51.9 Å². The average molecular weight is 397 g/mol. The number of benzene rings is 1. The van der Waals surface area contributed by atoms with E-state index in [9.17, 15) is 0 Å². The van der Waals surface area contributed by atoms with Crippen molar-refractivity contribution in [1.29, 1.82) is 0 Å². The number of nitrogens with zero attached hydrogens (tertiary/aromatic N) is 4. The molecule has 1 unspecified atom stereocenters. The van der Waals surface area contributed by atoms with E-state index in [2.05, 4.69) is 17.9 Å². The minimum atomic E-state index is 0.704. The average Bonchev–Trinajstić information content (AvgIpc) is 3.31. The molecule has 3 aromatic rings. The Hall–Kier alpha value is -2.76. The predicted molar refractivity (Wildman–Crippen MR) is 118 cm³/mol. The second-order valence-electron chi connectivity index (χ2n) is 7.36. The Morgan fingerprint density at radius 2 is 1.76 bits per heavy atom. The highest BCUT2D eigenvalue weighted by Gasteiger charge is 2.24. The van der Waals surface area contributed by atoms with E-state index in [4.69, 9.17) is 19.6 Å². The molecule has 1 saturated heterocycles. The molecule has 6 nitrogen and oxygen atoms in total. The smallest absolute Gasteiger partial charge is 0.165 e. The summed E-state index contributed by atoms with van der Waals surface area (Å²) in [5.41, 5.74) is 4.90. The van der Waals surface area contributed by atoms with Crippen LogP contribution in [0.4, 0.5) is 5.82 Å². The van der Waals surface area contributed by atoms with Crippen LogP contribution in [0.3, 0.4) is 0 Å². The van der Waals surface area contributed by atoms with Gasteiger partial charge in [-0.15, -0.1) is 0 Å². The molecule has 0 spiro atoms. The van der Waals surface area contributed by atoms with Crippen molar-refractivity contribution in [2.75, 3.05) is 32.2 Å². The first-order chi connectivity index (χ1) is 14.0. The second kappa shape index (κ2) is 8.72. The Labute approximate surface area is 173 Å². The highest BCUT2D eigenvalue weighted by Crippen LogP contribution is 2.36. The van der Waals surface area contributed by atoms with E-state index in [0.717, 1.165) is 47.1 Å². The van der Waals surface area contributed by atoms with Gasteiger partial charge in [0.05, 0.1) is 19.9 Å². The van der Waals surface area contributed by atoms with E-state index in [1.54, 1.807) is 14.2 Å². The van der Waals surface area contributed by atoms with Crippen molar-refractivity contribution in [2.24, 2.45) is 5.92 Å². The summed E-state index contributed by atoms with van der Waals surface area (Å²) in [5, 5.41) is 4.84. The van der Waals surface area contributed by atoms with Gasteiger partial charge in [-0.2, -0.15) is 9.61 Å². The summed E-state index contributed by atoms with van der Waals surface area (Å²) in [6, 6.07) is 8.09. The zero-order valence-electron chi connectivity index (χ0n) is 18.6. The van der Waals surface area contributed by atoms with Crippen molar-refractivity contribution < 1.29 is 9.47 Å². The van der Waals surface area contributed by atoms with Crippen LogP contribution in [0.5, 0.6) is 11.5 Å². The number of hydrogen-bond donors (Lipinski definition) is 0. The molecule has 0 N–H and O–H groups in total. The van der Waals surface area contributed by atoms with Crippen molar-refractivity contribution >= 4 is 11.5 Å². The lowest BCUT2D eigenvalue weighted by atomic mass is 10.1. The maximum atomic E-state index is 5.49. The first kappa shape index (κ1) is 21.0. The Bertz CT molecular complexity index is 996. The Kier molecular flexibility index (Phi) is 6.30. The molecule has 29 heavy (non-hydrogen) atoms. The quantitative estimate of drug-likeness (QED) is 0.628. The third-order valence-corrected chi connectivity index (χ3v) is 5.29. The highest BCUT2D eigenvalue weighted by atomic mass is 16.5. The molecule has 0 aliphatic carbocycles. The van der Waals surface area contributed by atoms with Gasteiger partial charge in [-0.05, 0) is 43.9 Å². The molecule has 1 atom stereocenters. The van der Waals surface area contributed by atoms with Gasteiger partial charge >= 0.3 is 0 Å². The van der Waals surface area contributed by atoms with E-state index in [0.29, 0.717) is 17.4 Å². The molecular formula is C23H32N4O2. The van der Waals surface area contributed by atoms with Gasteiger partial charge in [0.1, 0.15) is 5.82 Å². The summed E-state index contributed by atoms with van der Waals surface area (Å²) in [7, 11) is 3.30. The van der Waals surface area contributed by atoms with Crippen LogP contribution < -0.4 is 14.4 Å². The van der Waals surface area contributed by atoms with Crippen LogP contribution in [-0.2, 0) is 0 Å². The normalized spacial score (nSPS) is 16.0. The minimum absolute atomic E-state index is 0.704. The molecule has 0 saturated carbocycles. The second-order valence-corrected chi connectivity index (χ2v) is 7.36. The van der Waals surface area contributed by atoms with Crippen LogP contribution in [0.1, 0.15) is 38.6 Å². The molecule has 1 fully saturated rings. The molecule has 1 aromatic carbocycles. The molecule has 1 aliphatic heterocycles. The largest absolute Gasteiger partial charge is 0.493 e. The monoisotopic (exact) mass is 396 g/mol. The van der Waals surface area contributed by atoms with Crippen molar-refractivity contribution in [1.82, 2.24) is 14.6 Å². The number of aromatic nitrogens is 3. The number of ether oxygens (including phenoxy) is 2. The fourth-order valence-electron chi connectivity index (χ4n) is 3.92. The zero-order valence-corrected chi connectivity index (χ0v) is 18.6. The zero-order chi connectivity index (χ0) is 21.1. The van der Waals surface area contributed by atoms with Gasteiger partial charge in [-0.3, -0.25) is 0 Å². The number of anilines is 1. The van der Waals surface area contributed by atoms with E-state index in [-0.39, 0.29) is 0 Å². The molecule has 1 aliphatic rings. The lowest BCUT2D eigenvalue weighted by Crippen LogP contribution is -2.22. The summed E-state index contributed by atoms with van der Waals surface area (Å²) in [6.45, 7) is 12.5. The van der Waals surface area contributed by atoms with E-state index >= 15 is 0 Å². The first-order valence-corrected chi connectivity index (χ1v) is 10.4. The first-order valence-electron chi connectivity index (χ1n) is 10.4. The SMILES string of the molecule is CC.COc1ccc(-c2c(C)nn3c(N4CCC(C)C4)cc(C)nc23)cc1OC. The fourth-order valence-corrected chi connectivity index (χ4v) is 3.92. The maximum Gasteiger partial charge on any atom is 0.165 e. The number of hydrogen-bond acceptors (Lipinski definition) is 5. The van der Waals surface area contributed by atoms with Crippen LogP contribution in [0.25, 0.3) is 16.8 Å². The molecule has 0 bridgehead atoms. The lowest BCUT2D eigenvalue weighted by Gasteiger charge is -2.19. The molecule has 0 amide bonds. The third kappa shape index (κ3) is 3.88. The van der Waals surface area contributed by atoms with Crippen molar-refractivity contribution in [3.05, 3.63) is 35.7 Å². The fraction of sp³-hybridized carbons (Fsp3) is 0.478. The lowest BCUT2D eigenvalue weighted by molar-refractivity contribution is 0.355. The summed E-state index contributed by atoms with van der Waals surface area (Å²) in [6.07, 6.45) is 1.21. The summed E-state index contributed by atoms with van der Waals surface area (Å²) >= 11 is 0. The molecular weight excluding hydrogens is 364 g/mol. The molecule has 3 heterocycles. The van der Waals surface area contributed by atoms with Gasteiger partial charge in [0, 0.05) is 30.4 Å². The van der Waals surface area contributed by atoms with E-state index in [1.165, 1.54) is 6.42 Å². The third-order valence-electron chi connectivity index (χ3n) is 5.29. The molecule has 2 aromatic heterocycles. The number of fused-ring (bicyclic) bond motifs is 1. The predicted octanol–water partition coefficient (Wildman–Crippen LogP) is 4.90. The Morgan fingerprint density at radius 3 is 2.38 bits per heavy atom. The molecule has 0 radical (unpaired) electrons. The van der Waals surface area contributed by atoms with Crippen molar-refractivity contribution in [2.45, 2.75) is 41.0 Å². The van der Waals surface area contributed by atoms with Crippen LogP contribution in [0.15, 0.2) is 24.3 Å². The van der Waals surface area contributed by atoms with Gasteiger partial charge < -0.3 is 14.4 Å². The highest BCUT2D eigenvalue weighted by molar-refractivity contribution is 5.82. The number of methoxy groups -OCH3 is 2. The molecule has 156 valence electrons. The standard InChI is InChI=1S/C21H26N4O2.C2H6/c1-13-8-9-24(12-13)19-10-14(2)22-21-20(15(3)23-25(19)21)16-6-7-17(26-4)18(11-16)27-5;1-2/h6-7,10-11,13H,8-9,12H2,1-5H3;1-2H3. The van der Waals surface area contributed by atoms with Crippen LogP contribution in [-0.4, -0.2) is 41.9 Å². The van der Waals surface area contributed by atoms with E-state index in [1.807, 2.05) is 50.4 Å². The minimum Gasteiger partial charge on any atom is -0.493 e. The molecule has 4 rings (SSSR count). The van der Waals surface area contributed by atoms with Crippen LogP contribution in [0, 0.1) is 19.8 Å². The summed E-state index contributed by atoms with van der Waals surface area (Å²) in [5.74, 6) is 3.24. The van der Waals surface area contributed by atoms with Gasteiger partial charge in [-0.25, -0.2) is 4.98 Å². The van der Waals surface area contributed by atoms with Crippen molar-refractivity contribution in [3.63, 3.8) is 0 Å². The Morgan fingerprint density at radius 1 is 1.03 bits per heavy atom. The van der Waals surface area contributed by atoms with Crippen molar-refractivity contribution in [3.8, 4) is 22.6 Å². The van der Waals surface area contributed by atoms with Crippen LogP contribution in [0.2, 0.25) is 0 Å². The van der Waals surface area contributed by atoms with Gasteiger partial charge in [0.2, 0.25) is 0 Å². The van der Waals surface area contributed by atoms with Crippen LogP contribution >= 0.6 is 0 Å². The van der Waals surface area contributed by atoms with Gasteiger partial charge in [0.25, 0.3) is 0 Å². The molecule has 6 heteroatoms. The van der Waals surface area contributed by atoms with Gasteiger partial charge in [-0.1, -0.05) is 26.8 Å². The maximum absolute atomic E-state index is 5.49. The summed E-state index contributed by atoms with van der Waals surface area (Å²) in [4.78, 5) is 7.24. The number of rotatable bonds is 4. The number of aryl methyl sites for hydroxylation is 2. The van der Waals surface area contributed by atoms with E-state index < -0.39 is 0 Å². The summed E-state index contributed by atoms with van der Waals surface area (Å²) < 4.78 is 12.9. The Balaban J connectivity index is 0.00000117.